The molecule has 4 nitrogen and oxygen atoms in total. The van der Waals surface area contributed by atoms with Crippen LogP contribution in [0.4, 0.5) is 0 Å². The van der Waals surface area contributed by atoms with Crippen LogP contribution in [0.15, 0.2) is 0 Å². The Balaban J connectivity index is 3.42. The quantitative estimate of drug-likeness (QED) is 0.561. The van der Waals surface area contributed by atoms with Crippen molar-refractivity contribution in [1.82, 2.24) is 5.32 Å². The second-order valence-corrected chi connectivity index (χ2v) is 4.26. The Morgan fingerprint density at radius 2 is 2.00 bits per heavy atom. The molecule has 14 heavy (non-hydrogen) atoms. The minimum atomic E-state index is -0.100. The van der Waals surface area contributed by atoms with Crippen LogP contribution in [-0.4, -0.2) is 45.6 Å². The van der Waals surface area contributed by atoms with Crippen molar-refractivity contribution >= 4 is 0 Å². The monoisotopic (exact) mass is 204 g/mol. The fourth-order valence-corrected chi connectivity index (χ4v) is 1.07. The number of methoxy groups -OCH3 is 2. The zero-order chi connectivity index (χ0) is 11.0. The summed E-state index contributed by atoms with van der Waals surface area (Å²) in [5.41, 5.74) is 5.75. The van der Waals surface area contributed by atoms with E-state index in [2.05, 4.69) is 5.32 Å². The number of rotatable bonds is 8. The Labute approximate surface area is 87.1 Å². The molecular weight excluding hydrogens is 180 g/mol. The third kappa shape index (κ3) is 8.44. The van der Waals surface area contributed by atoms with Crippen LogP contribution in [0.25, 0.3) is 0 Å². The smallest absolute Gasteiger partial charge is 0.0928 e. The number of nitrogens with one attached hydrogen (secondary N) is 1. The molecule has 0 spiro atoms. The molecule has 0 bridgehead atoms. The van der Waals surface area contributed by atoms with E-state index in [1.54, 1.807) is 14.2 Å². The largest absolute Gasteiger partial charge is 0.382 e. The molecule has 3 N–H and O–H groups in total. The van der Waals surface area contributed by atoms with Crippen LogP contribution in [-0.2, 0) is 9.47 Å². The van der Waals surface area contributed by atoms with Gasteiger partial charge in [-0.1, -0.05) is 0 Å². The van der Waals surface area contributed by atoms with Crippen molar-refractivity contribution in [3.63, 3.8) is 0 Å². The van der Waals surface area contributed by atoms with Crippen molar-refractivity contribution in [3.8, 4) is 0 Å². The molecule has 0 aliphatic heterocycles. The maximum atomic E-state index is 5.85. The maximum absolute atomic E-state index is 5.85. The van der Waals surface area contributed by atoms with Crippen molar-refractivity contribution < 1.29 is 9.47 Å². The molecule has 1 atom stereocenters. The highest BCUT2D eigenvalue weighted by molar-refractivity contribution is 4.73. The van der Waals surface area contributed by atoms with Crippen LogP contribution in [0, 0.1) is 0 Å². The zero-order valence-electron chi connectivity index (χ0n) is 9.80. The molecule has 0 fully saturated rings. The average molecular weight is 204 g/mol. The van der Waals surface area contributed by atoms with E-state index in [1.807, 2.05) is 13.8 Å². The SMILES string of the molecule is COCC(CNCCC(C)(C)N)OC. The van der Waals surface area contributed by atoms with Crippen molar-refractivity contribution in [2.24, 2.45) is 5.73 Å². The summed E-state index contributed by atoms with van der Waals surface area (Å²) in [7, 11) is 3.37. The highest BCUT2D eigenvalue weighted by atomic mass is 16.5. The third-order valence-corrected chi connectivity index (χ3v) is 2.00. The standard InChI is InChI=1S/C10H24N2O2/c1-10(2,11)5-6-12-7-9(14-4)8-13-3/h9,12H,5-8,11H2,1-4H3. The fourth-order valence-electron chi connectivity index (χ4n) is 1.07. The molecule has 0 heterocycles. The predicted molar refractivity (Wildman–Crippen MR) is 58.4 cm³/mol. The van der Waals surface area contributed by atoms with Gasteiger partial charge >= 0.3 is 0 Å². The summed E-state index contributed by atoms with van der Waals surface area (Å²) < 4.78 is 10.2. The summed E-state index contributed by atoms with van der Waals surface area (Å²) in [6.07, 6.45) is 1.08. The van der Waals surface area contributed by atoms with E-state index < -0.39 is 0 Å². The van der Waals surface area contributed by atoms with Gasteiger partial charge in [-0.3, -0.25) is 0 Å². The first kappa shape index (κ1) is 13.8. The van der Waals surface area contributed by atoms with Gasteiger partial charge in [0.05, 0.1) is 12.7 Å². The van der Waals surface area contributed by atoms with E-state index in [0.717, 1.165) is 19.5 Å². The second kappa shape index (κ2) is 7.17. The van der Waals surface area contributed by atoms with E-state index in [4.69, 9.17) is 15.2 Å². The minimum absolute atomic E-state index is 0.100. The average Bonchev–Trinajstić information content (AvgIpc) is 2.08. The molecular formula is C10H24N2O2. The van der Waals surface area contributed by atoms with Crippen molar-refractivity contribution in [2.75, 3.05) is 33.9 Å². The summed E-state index contributed by atoms with van der Waals surface area (Å²) in [5, 5.41) is 3.29. The van der Waals surface area contributed by atoms with Gasteiger partial charge in [-0.15, -0.1) is 0 Å². The Morgan fingerprint density at radius 1 is 1.36 bits per heavy atom. The number of nitrogens with two attached hydrogens (primary N) is 1. The molecule has 4 heteroatoms. The van der Waals surface area contributed by atoms with Gasteiger partial charge in [0.1, 0.15) is 0 Å². The molecule has 0 rings (SSSR count). The van der Waals surface area contributed by atoms with Crippen LogP contribution >= 0.6 is 0 Å². The Morgan fingerprint density at radius 3 is 2.43 bits per heavy atom. The van der Waals surface area contributed by atoms with Gasteiger partial charge in [0, 0.05) is 26.3 Å². The molecule has 0 aromatic rings. The topological polar surface area (TPSA) is 56.5 Å². The van der Waals surface area contributed by atoms with Crippen LogP contribution in [0.3, 0.4) is 0 Å². The molecule has 0 aliphatic rings. The van der Waals surface area contributed by atoms with Crippen LogP contribution in [0.2, 0.25) is 0 Å². The van der Waals surface area contributed by atoms with Crippen molar-refractivity contribution in [2.45, 2.75) is 31.9 Å². The van der Waals surface area contributed by atoms with E-state index in [-0.39, 0.29) is 11.6 Å². The number of hydrogen-bond donors (Lipinski definition) is 2. The van der Waals surface area contributed by atoms with E-state index in [1.165, 1.54) is 0 Å². The van der Waals surface area contributed by atoms with Gasteiger partial charge in [-0.2, -0.15) is 0 Å². The second-order valence-electron chi connectivity index (χ2n) is 4.26. The Bertz CT molecular complexity index is 135. The van der Waals surface area contributed by atoms with Crippen molar-refractivity contribution in [1.29, 1.82) is 0 Å². The molecule has 0 amide bonds. The third-order valence-electron chi connectivity index (χ3n) is 2.00. The van der Waals surface area contributed by atoms with Gasteiger partial charge in [-0.05, 0) is 26.8 Å². The highest BCUT2D eigenvalue weighted by Gasteiger charge is 2.10. The molecule has 0 radical (unpaired) electrons. The molecule has 86 valence electrons. The lowest BCUT2D eigenvalue weighted by atomic mass is 10.0. The lowest BCUT2D eigenvalue weighted by Crippen LogP contribution is -2.38. The summed E-state index contributed by atoms with van der Waals surface area (Å²) in [6.45, 7) is 6.39. The fraction of sp³-hybridized carbons (Fsp3) is 1.00. The van der Waals surface area contributed by atoms with Crippen LogP contribution < -0.4 is 11.1 Å². The molecule has 0 aromatic heterocycles. The van der Waals surface area contributed by atoms with Gasteiger partial charge in [0.2, 0.25) is 0 Å². The summed E-state index contributed by atoms with van der Waals surface area (Å²) in [6, 6.07) is 0. The van der Waals surface area contributed by atoms with Gasteiger partial charge in [0.25, 0.3) is 0 Å². The summed E-state index contributed by atoms with van der Waals surface area (Å²) >= 11 is 0. The highest BCUT2D eigenvalue weighted by Crippen LogP contribution is 2.01. The van der Waals surface area contributed by atoms with E-state index in [9.17, 15) is 0 Å². The molecule has 0 saturated carbocycles. The van der Waals surface area contributed by atoms with Gasteiger partial charge in [0.15, 0.2) is 0 Å². The minimum Gasteiger partial charge on any atom is -0.382 e. The van der Waals surface area contributed by atoms with Crippen molar-refractivity contribution in [3.05, 3.63) is 0 Å². The Kier molecular flexibility index (Phi) is 7.09. The summed E-state index contributed by atoms with van der Waals surface area (Å²) in [4.78, 5) is 0. The normalized spacial score (nSPS) is 14.4. The number of ether oxygens (including phenoxy) is 2. The van der Waals surface area contributed by atoms with Crippen LogP contribution in [0.5, 0.6) is 0 Å². The summed E-state index contributed by atoms with van der Waals surface area (Å²) in [5.74, 6) is 0. The molecule has 1 unspecified atom stereocenters. The molecule has 0 saturated heterocycles. The number of hydrogen-bond acceptors (Lipinski definition) is 4. The first-order valence-electron chi connectivity index (χ1n) is 5.01. The van der Waals surface area contributed by atoms with Crippen LogP contribution in [0.1, 0.15) is 20.3 Å². The first-order chi connectivity index (χ1) is 6.49. The maximum Gasteiger partial charge on any atom is 0.0928 e. The predicted octanol–water partition coefficient (Wildman–Crippen LogP) is 0.365. The van der Waals surface area contributed by atoms with E-state index in [0.29, 0.717) is 6.61 Å². The first-order valence-corrected chi connectivity index (χ1v) is 5.01. The molecule has 0 aromatic carbocycles. The lowest BCUT2D eigenvalue weighted by Gasteiger charge is -2.20. The van der Waals surface area contributed by atoms with Gasteiger partial charge in [-0.25, -0.2) is 0 Å². The Hall–Kier alpha value is -0.160. The zero-order valence-corrected chi connectivity index (χ0v) is 9.80. The lowest BCUT2D eigenvalue weighted by molar-refractivity contribution is 0.0289. The van der Waals surface area contributed by atoms with Gasteiger partial charge < -0.3 is 20.5 Å². The molecule has 0 aliphatic carbocycles. The van der Waals surface area contributed by atoms with E-state index >= 15 is 0 Å².